The van der Waals surface area contributed by atoms with Gasteiger partial charge < -0.3 is 15.1 Å². The van der Waals surface area contributed by atoms with Gasteiger partial charge in [-0.2, -0.15) is 0 Å². The highest BCUT2D eigenvalue weighted by atomic mass is 19.2. The standard InChI is InChI=1S/C18H20F2N4O/c1-23-6-8-24(9-7-23)17-4-5-21-12-16(17)22-18(25)11-13-2-3-14(19)15(20)10-13/h2-5,10,12H,6-9,11H2,1H3,(H,22,25). The Kier molecular flexibility index (Phi) is 5.23. The Balaban J connectivity index is 1.70. The zero-order chi connectivity index (χ0) is 17.8. The maximum Gasteiger partial charge on any atom is 0.228 e. The lowest BCUT2D eigenvalue weighted by molar-refractivity contribution is -0.115. The van der Waals surface area contributed by atoms with Crippen LogP contribution >= 0.6 is 0 Å². The van der Waals surface area contributed by atoms with Crippen molar-refractivity contribution in [1.29, 1.82) is 0 Å². The fraction of sp³-hybridized carbons (Fsp3) is 0.333. The first-order valence-electron chi connectivity index (χ1n) is 8.14. The van der Waals surface area contributed by atoms with Crippen molar-refractivity contribution in [2.24, 2.45) is 0 Å². The maximum atomic E-state index is 13.3. The molecular formula is C18H20F2N4O. The second kappa shape index (κ2) is 7.57. The molecule has 0 atom stereocenters. The van der Waals surface area contributed by atoms with Crippen molar-refractivity contribution in [3.8, 4) is 0 Å². The lowest BCUT2D eigenvalue weighted by atomic mass is 10.1. The number of hydrogen-bond donors (Lipinski definition) is 1. The van der Waals surface area contributed by atoms with E-state index in [1.54, 1.807) is 12.4 Å². The Labute approximate surface area is 145 Å². The van der Waals surface area contributed by atoms with Gasteiger partial charge in [-0.1, -0.05) is 6.07 Å². The summed E-state index contributed by atoms with van der Waals surface area (Å²) < 4.78 is 26.2. The minimum Gasteiger partial charge on any atom is -0.367 e. The van der Waals surface area contributed by atoms with Crippen LogP contribution in [0.3, 0.4) is 0 Å². The molecule has 1 fully saturated rings. The summed E-state index contributed by atoms with van der Waals surface area (Å²) in [4.78, 5) is 20.8. The number of piperazine rings is 1. The van der Waals surface area contributed by atoms with Crippen molar-refractivity contribution < 1.29 is 13.6 Å². The molecule has 2 aromatic rings. The predicted molar refractivity (Wildman–Crippen MR) is 92.6 cm³/mol. The van der Waals surface area contributed by atoms with E-state index < -0.39 is 11.6 Å². The van der Waals surface area contributed by atoms with Crippen molar-refractivity contribution >= 4 is 17.3 Å². The summed E-state index contributed by atoms with van der Waals surface area (Å²) in [5.41, 5.74) is 1.96. The molecule has 0 radical (unpaired) electrons. The molecule has 1 amide bonds. The molecular weight excluding hydrogens is 326 g/mol. The fourth-order valence-corrected chi connectivity index (χ4v) is 2.84. The molecule has 132 valence electrons. The van der Waals surface area contributed by atoms with Gasteiger partial charge >= 0.3 is 0 Å². The third-order valence-corrected chi connectivity index (χ3v) is 4.26. The molecule has 1 saturated heterocycles. The summed E-state index contributed by atoms with van der Waals surface area (Å²) >= 11 is 0. The van der Waals surface area contributed by atoms with Crippen LogP contribution < -0.4 is 10.2 Å². The molecule has 1 aliphatic rings. The summed E-state index contributed by atoms with van der Waals surface area (Å²) in [6.07, 6.45) is 3.27. The van der Waals surface area contributed by atoms with Crippen LogP contribution in [-0.2, 0) is 11.2 Å². The molecule has 1 aromatic carbocycles. The molecule has 2 heterocycles. The predicted octanol–water partition coefficient (Wildman–Crippen LogP) is 2.29. The monoisotopic (exact) mass is 346 g/mol. The molecule has 1 N–H and O–H groups in total. The zero-order valence-corrected chi connectivity index (χ0v) is 14.0. The van der Waals surface area contributed by atoms with Crippen LogP contribution in [0.1, 0.15) is 5.56 Å². The SMILES string of the molecule is CN1CCN(c2ccncc2NC(=O)Cc2ccc(F)c(F)c2)CC1. The number of nitrogens with one attached hydrogen (secondary N) is 1. The molecule has 0 spiro atoms. The van der Waals surface area contributed by atoms with Gasteiger partial charge in [0.2, 0.25) is 5.91 Å². The van der Waals surface area contributed by atoms with Crippen LogP contribution in [0.2, 0.25) is 0 Å². The highest BCUT2D eigenvalue weighted by molar-refractivity contribution is 5.95. The highest BCUT2D eigenvalue weighted by Crippen LogP contribution is 2.25. The van der Waals surface area contributed by atoms with Crippen LogP contribution in [0.4, 0.5) is 20.2 Å². The van der Waals surface area contributed by atoms with Crippen molar-refractivity contribution in [1.82, 2.24) is 9.88 Å². The third-order valence-electron chi connectivity index (χ3n) is 4.26. The molecule has 25 heavy (non-hydrogen) atoms. The van der Waals surface area contributed by atoms with Gasteiger partial charge in [0.05, 0.1) is 24.0 Å². The molecule has 0 bridgehead atoms. The van der Waals surface area contributed by atoms with Gasteiger partial charge in [-0.15, -0.1) is 0 Å². The minimum atomic E-state index is -0.954. The molecule has 0 unspecified atom stereocenters. The smallest absolute Gasteiger partial charge is 0.228 e. The number of amides is 1. The largest absolute Gasteiger partial charge is 0.367 e. The van der Waals surface area contributed by atoms with Crippen molar-refractivity contribution in [3.05, 3.63) is 53.9 Å². The van der Waals surface area contributed by atoms with E-state index in [9.17, 15) is 13.6 Å². The second-order valence-electron chi connectivity index (χ2n) is 6.16. The maximum absolute atomic E-state index is 13.3. The Bertz CT molecular complexity index is 760. The van der Waals surface area contributed by atoms with E-state index in [2.05, 4.69) is 27.1 Å². The average Bonchev–Trinajstić information content (AvgIpc) is 2.59. The highest BCUT2D eigenvalue weighted by Gasteiger charge is 2.18. The van der Waals surface area contributed by atoms with Crippen LogP contribution in [0.15, 0.2) is 36.7 Å². The van der Waals surface area contributed by atoms with Crippen molar-refractivity contribution in [3.63, 3.8) is 0 Å². The molecule has 7 heteroatoms. The molecule has 0 aliphatic carbocycles. The van der Waals surface area contributed by atoms with E-state index in [1.807, 2.05) is 6.07 Å². The number of nitrogens with zero attached hydrogens (tertiary/aromatic N) is 3. The number of likely N-dealkylation sites (N-methyl/N-ethyl adjacent to an activating group) is 1. The van der Waals surface area contributed by atoms with Crippen molar-refractivity contribution in [2.45, 2.75) is 6.42 Å². The van der Waals surface area contributed by atoms with E-state index in [-0.39, 0.29) is 12.3 Å². The number of carbonyl (C=O) groups is 1. The number of halogens is 2. The quantitative estimate of drug-likeness (QED) is 0.923. The van der Waals surface area contributed by atoms with Gasteiger partial charge in [0.15, 0.2) is 11.6 Å². The number of pyridine rings is 1. The molecule has 1 aliphatic heterocycles. The zero-order valence-electron chi connectivity index (χ0n) is 14.0. The summed E-state index contributed by atoms with van der Waals surface area (Å²) in [5, 5.41) is 2.83. The summed E-state index contributed by atoms with van der Waals surface area (Å²) in [7, 11) is 2.08. The van der Waals surface area contributed by atoms with Crippen LogP contribution in [-0.4, -0.2) is 49.0 Å². The average molecular weight is 346 g/mol. The van der Waals surface area contributed by atoms with Crippen molar-refractivity contribution in [2.75, 3.05) is 43.4 Å². The lowest BCUT2D eigenvalue weighted by Crippen LogP contribution is -2.44. The normalized spacial score (nSPS) is 15.2. The van der Waals surface area contributed by atoms with E-state index in [1.165, 1.54) is 6.07 Å². The van der Waals surface area contributed by atoms with E-state index in [0.29, 0.717) is 11.3 Å². The van der Waals surface area contributed by atoms with Crippen LogP contribution in [0.25, 0.3) is 0 Å². The topological polar surface area (TPSA) is 48.5 Å². The third kappa shape index (κ3) is 4.30. The first kappa shape index (κ1) is 17.3. The Morgan fingerprint density at radius 2 is 1.92 bits per heavy atom. The Morgan fingerprint density at radius 3 is 2.64 bits per heavy atom. The van der Waals surface area contributed by atoms with Gasteiger partial charge in [0.25, 0.3) is 0 Å². The molecule has 0 saturated carbocycles. The van der Waals surface area contributed by atoms with Gasteiger partial charge in [-0.05, 0) is 30.8 Å². The number of rotatable bonds is 4. The van der Waals surface area contributed by atoms with E-state index in [4.69, 9.17) is 0 Å². The minimum absolute atomic E-state index is 0.0335. The van der Waals surface area contributed by atoms with E-state index in [0.717, 1.165) is 44.0 Å². The fourth-order valence-electron chi connectivity index (χ4n) is 2.84. The number of aromatic nitrogens is 1. The summed E-state index contributed by atoms with van der Waals surface area (Å²) in [6, 6.07) is 5.35. The first-order chi connectivity index (χ1) is 12.0. The number of benzene rings is 1. The van der Waals surface area contributed by atoms with Crippen LogP contribution in [0.5, 0.6) is 0 Å². The molecule has 5 nitrogen and oxygen atoms in total. The Hall–Kier alpha value is -2.54. The van der Waals surface area contributed by atoms with Gasteiger partial charge in [-0.25, -0.2) is 8.78 Å². The Morgan fingerprint density at radius 1 is 1.16 bits per heavy atom. The number of anilines is 2. The van der Waals surface area contributed by atoms with Crippen LogP contribution in [0, 0.1) is 11.6 Å². The first-order valence-corrected chi connectivity index (χ1v) is 8.14. The lowest BCUT2D eigenvalue weighted by Gasteiger charge is -2.34. The van der Waals surface area contributed by atoms with Gasteiger partial charge in [0.1, 0.15) is 0 Å². The number of carbonyl (C=O) groups excluding carboxylic acids is 1. The summed E-state index contributed by atoms with van der Waals surface area (Å²) in [6.45, 7) is 3.63. The molecule has 3 rings (SSSR count). The van der Waals surface area contributed by atoms with Gasteiger partial charge in [-0.3, -0.25) is 9.78 Å². The van der Waals surface area contributed by atoms with E-state index >= 15 is 0 Å². The second-order valence-corrected chi connectivity index (χ2v) is 6.16. The summed E-state index contributed by atoms with van der Waals surface area (Å²) in [5.74, 6) is -2.17. The molecule has 1 aromatic heterocycles. The van der Waals surface area contributed by atoms with Gasteiger partial charge in [0, 0.05) is 32.4 Å². The number of hydrogen-bond acceptors (Lipinski definition) is 4.